The van der Waals surface area contributed by atoms with Crippen LogP contribution in [0.1, 0.15) is 28.9 Å². The zero-order valence-electron chi connectivity index (χ0n) is 13.6. The summed E-state index contributed by atoms with van der Waals surface area (Å²) in [5, 5.41) is 5.06. The molecule has 0 bridgehead atoms. The Morgan fingerprint density at radius 3 is 2.52 bits per heavy atom. The van der Waals surface area contributed by atoms with Crippen LogP contribution in [0.4, 0.5) is 8.78 Å². The maximum Gasteiger partial charge on any atom is 0.387 e. The van der Waals surface area contributed by atoms with Gasteiger partial charge >= 0.3 is 6.61 Å². The molecule has 0 aliphatic heterocycles. The summed E-state index contributed by atoms with van der Waals surface area (Å²) in [6.07, 6.45) is 0. The van der Waals surface area contributed by atoms with E-state index in [4.69, 9.17) is 0 Å². The van der Waals surface area contributed by atoms with Gasteiger partial charge in [-0.2, -0.15) is 8.78 Å². The Bertz CT molecular complexity index is 890. The van der Waals surface area contributed by atoms with Crippen LogP contribution in [0.3, 0.4) is 0 Å². The van der Waals surface area contributed by atoms with Gasteiger partial charge in [0.2, 0.25) is 0 Å². The molecule has 0 fully saturated rings. The Balaban J connectivity index is 1.80. The lowest BCUT2D eigenvalue weighted by Crippen LogP contribution is -2.26. The van der Waals surface area contributed by atoms with Gasteiger partial charge in [0.1, 0.15) is 5.75 Å². The molecule has 5 heteroatoms. The number of nitrogens with one attached hydrogen (secondary N) is 1. The number of carbonyl (C=O) groups is 1. The van der Waals surface area contributed by atoms with Gasteiger partial charge in [-0.15, -0.1) is 0 Å². The second kappa shape index (κ2) is 7.30. The van der Waals surface area contributed by atoms with Crippen molar-refractivity contribution in [3.05, 3.63) is 77.9 Å². The smallest absolute Gasteiger partial charge is 0.387 e. The van der Waals surface area contributed by atoms with Crippen LogP contribution in [-0.2, 0) is 0 Å². The van der Waals surface area contributed by atoms with Crippen molar-refractivity contribution in [2.75, 3.05) is 0 Å². The first kappa shape index (κ1) is 16.9. The number of alkyl halides is 2. The Hall–Kier alpha value is -2.95. The summed E-state index contributed by atoms with van der Waals surface area (Å²) in [7, 11) is 0. The largest absolute Gasteiger partial charge is 0.435 e. The number of halogens is 2. The second-order valence-corrected chi connectivity index (χ2v) is 5.67. The van der Waals surface area contributed by atoms with Crippen molar-refractivity contribution in [1.82, 2.24) is 5.32 Å². The Morgan fingerprint density at radius 2 is 1.72 bits per heavy atom. The highest BCUT2D eigenvalue weighted by molar-refractivity contribution is 5.95. The zero-order chi connectivity index (χ0) is 17.8. The van der Waals surface area contributed by atoms with Crippen molar-refractivity contribution in [2.24, 2.45) is 0 Å². The number of carbonyl (C=O) groups excluding carboxylic acids is 1. The van der Waals surface area contributed by atoms with Crippen molar-refractivity contribution in [3.63, 3.8) is 0 Å². The second-order valence-electron chi connectivity index (χ2n) is 5.67. The van der Waals surface area contributed by atoms with Crippen molar-refractivity contribution >= 4 is 16.7 Å². The molecule has 3 nitrogen and oxygen atoms in total. The summed E-state index contributed by atoms with van der Waals surface area (Å²) in [5.74, 6) is -0.388. The van der Waals surface area contributed by atoms with Gasteiger partial charge in [0.05, 0.1) is 6.04 Å². The highest BCUT2D eigenvalue weighted by Gasteiger charge is 2.14. The molecule has 3 aromatic rings. The summed E-state index contributed by atoms with van der Waals surface area (Å²) in [6, 6.07) is 19.4. The summed E-state index contributed by atoms with van der Waals surface area (Å²) in [6.45, 7) is -1.04. The number of fused-ring (bicyclic) bond motifs is 1. The van der Waals surface area contributed by atoms with Crippen LogP contribution >= 0.6 is 0 Å². The number of amides is 1. The molecule has 1 N–H and O–H groups in total. The summed E-state index contributed by atoms with van der Waals surface area (Å²) < 4.78 is 29.0. The highest BCUT2D eigenvalue weighted by Crippen LogP contribution is 2.24. The predicted molar refractivity (Wildman–Crippen MR) is 92.9 cm³/mol. The third kappa shape index (κ3) is 3.94. The molecule has 0 saturated carbocycles. The van der Waals surface area contributed by atoms with Crippen LogP contribution < -0.4 is 10.1 Å². The van der Waals surface area contributed by atoms with Crippen LogP contribution in [0.5, 0.6) is 5.75 Å². The first-order valence-electron chi connectivity index (χ1n) is 7.88. The van der Waals surface area contributed by atoms with Crippen molar-refractivity contribution < 1.29 is 18.3 Å². The molecule has 3 aromatic carbocycles. The van der Waals surface area contributed by atoms with E-state index >= 15 is 0 Å². The normalized spacial score (nSPS) is 12.2. The van der Waals surface area contributed by atoms with Crippen LogP contribution in [0.15, 0.2) is 66.7 Å². The maximum atomic E-state index is 12.4. The topological polar surface area (TPSA) is 38.3 Å². The molecule has 0 aromatic heterocycles. The van der Waals surface area contributed by atoms with E-state index in [0.717, 1.165) is 16.3 Å². The third-order valence-electron chi connectivity index (χ3n) is 3.96. The van der Waals surface area contributed by atoms with E-state index in [9.17, 15) is 13.6 Å². The van der Waals surface area contributed by atoms with E-state index in [1.165, 1.54) is 18.2 Å². The molecule has 1 unspecified atom stereocenters. The standard InChI is InChI=1S/C20H17F2NO2/c1-13(17-11-5-7-14-6-2-3-10-18(14)17)23-19(24)15-8-4-9-16(12-15)25-20(21)22/h2-13,20H,1H3,(H,23,24). The van der Waals surface area contributed by atoms with E-state index in [2.05, 4.69) is 10.1 Å². The molecule has 1 amide bonds. The molecular formula is C20H17F2NO2. The van der Waals surface area contributed by atoms with E-state index in [0.29, 0.717) is 0 Å². The minimum absolute atomic E-state index is 0.0412. The van der Waals surface area contributed by atoms with Gasteiger partial charge in [0, 0.05) is 5.56 Å². The maximum absolute atomic E-state index is 12.4. The summed E-state index contributed by atoms with van der Waals surface area (Å²) in [5.41, 5.74) is 1.26. The Labute approximate surface area is 144 Å². The Morgan fingerprint density at radius 1 is 1.00 bits per heavy atom. The fourth-order valence-corrected chi connectivity index (χ4v) is 2.80. The van der Waals surface area contributed by atoms with Crippen LogP contribution in [0.25, 0.3) is 10.8 Å². The SMILES string of the molecule is CC(NC(=O)c1cccc(OC(F)F)c1)c1cccc2ccccc12. The molecule has 0 saturated heterocycles. The summed E-state index contributed by atoms with van der Waals surface area (Å²) in [4.78, 5) is 12.4. The van der Waals surface area contributed by atoms with Crippen molar-refractivity contribution in [2.45, 2.75) is 19.6 Å². The van der Waals surface area contributed by atoms with E-state index < -0.39 is 6.61 Å². The van der Waals surface area contributed by atoms with Gasteiger partial charge in [0.15, 0.2) is 0 Å². The lowest BCUT2D eigenvalue weighted by molar-refractivity contribution is -0.0498. The average Bonchev–Trinajstić information content (AvgIpc) is 2.60. The molecule has 25 heavy (non-hydrogen) atoms. The lowest BCUT2D eigenvalue weighted by Gasteiger charge is -2.17. The monoisotopic (exact) mass is 341 g/mol. The molecule has 1 atom stereocenters. The molecule has 0 radical (unpaired) electrons. The first-order valence-corrected chi connectivity index (χ1v) is 7.88. The minimum Gasteiger partial charge on any atom is -0.435 e. The number of hydrogen-bond donors (Lipinski definition) is 1. The van der Waals surface area contributed by atoms with Crippen molar-refractivity contribution in [3.8, 4) is 5.75 Å². The molecule has 0 spiro atoms. The Kier molecular flexibility index (Phi) is 4.93. The fraction of sp³-hybridized carbons (Fsp3) is 0.150. The highest BCUT2D eigenvalue weighted by atomic mass is 19.3. The quantitative estimate of drug-likeness (QED) is 0.714. The van der Waals surface area contributed by atoms with Gasteiger partial charge in [-0.1, -0.05) is 48.5 Å². The summed E-state index contributed by atoms with van der Waals surface area (Å²) >= 11 is 0. The minimum atomic E-state index is -2.92. The van der Waals surface area contributed by atoms with Gasteiger partial charge in [-0.05, 0) is 41.5 Å². The molecular weight excluding hydrogens is 324 g/mol. The van der Waals surface area contributed by atoms with Gasteiger partial charge in [-0.3, -0.25) is 4.79 Å². The molecule has 0 aliphatic carbocycles. The number of rotatable bonds is 5. The predicted octanol–water partition coefficient (Wildman–Crippen LogP) is 4.93. The van der Waals surface area contributed by atoms with Crippen molar-refractivity contribution in [1.29, 1.82) is 0 Å². The number of hydrogen-bond acceptors (Lipinski definition) is 2. The first-order chi connectivity index (χ1) is 12.0. The molecule has 3 rings (SSSR count). The van der Waals surface area contributed by atoms with Crippen LogP contribution in [-0.4, -0.2) is 12.5 Å². The molecule has 0 heterocycles. The van der Waals surface area contributed by atoms with Gasteiger partial charge in [-0.25, -0.2) is 0 Å². The fourth-order valence-electron chi connectivity index (χ4n) is 2.80. The molecule has 0 aliphatic rings. The van der Waals surface area contributed by atoms with Gasteiger partial charge < -0.3 is 10.1 Å². The van der Waals surface area contributed by atoms with E-state index in [-0.39, 0.29) is 23.3 Å². The van der Waals surface area contributed by atoms with E-state index in [1.54, 1.807) is 6.07 Å². The van der Waals surface area contributed by atoms with Crippen LogP contribution in [0.2, 0.25) is 0 Å². The third-order valence-corrected chi connectivity index (χ3v) is 3.96. The average molecular weight is 341 g/mol. The molecule has 128 valence electrons. The number of ether oxygens (including phenoxy) is 1. The van der Waals surface area contributed by atoms with Gasteiger partial charge in [0.25, 0.3) is 5.91 Å². The lowest BCUT2D eigenvalue weighted by atomic mass is 9.99. The van der Waals surface area contributed by atoms with Crippen LogP contribution in [0, 0.1) is 0 Å². The number of benzene rings is 3. The zero-order valence-corrected chi connectivity index (χ0v) is 13.6. The van der Waals surface area contributed by atoms with E-state index in [1.807, 2.05) is 49.4 Å².